The Morgan fingerprint density at radius 2 is 1.54 bits per heavy atom. The number of rotatable bonds is 5. The van der Waals surface area contributed by atoms with Gasteiger partial charge in [0, 0.05) is 7.11 Å². The van der Waals surface area contributed by atoms with Gasteiger partial charge in [-0.3, -0.25) is 0 Å². The van der Waals surface area contributed by atoms with Crippen molar-refractivity contribution in [1.82, 2.24) is 0 Å². The van der Waals surface area contributed by atoms with Crippen molar-refractivity contribution in [2.45, 2.75) is 97.6 Å². The quantitative estimate of drug-likeness (QED) is 0.693. The molecule has 1 aliphatic rings. The molecule has 1 aliphatic heterocycles. The molecule has 0 aliphatic carbocycles. The SMILES string of the molecule is CC.CC.COC(C)(C)C1OC(C(=O)O)[C@@H](OC(C)C)C(O)C1O. The average Bonchev–Trinajstić information content (AvgIpc) is 2.55. The molecule has 3 N–H and O–H groups in total. The van der Waals surface area contributed by atoms with Crippen molar-refractivity contribution >= 4 is 5.97 Å². The van der Waals surface area contributed by atoms with E-state index in [1.807, 2.05) is 27.7 Å². The van der Waals surface area contributed by atoms with Crippen LogP contribution in [-0.2, 0) is 19.0 Å². The van der Waals surface area contributed by atoms with Crippen molar-refractivity contribution in [3.63, 3.8) is 0 Å². The highest BCUT2D eigenvalue weighted by molar-refractivity contribution is 5.73. The molecule has 5 atom stereocenters. The summed E-state index contributed by atoms with van der Waals surface area (Å²) in [5, 5.41) is 29.6. The Bertz CT molecular complexity index is 344. The number of methoxy groups -OCH3 is 1. The molecule has 0 spiro atoms. The second-order valence-corrected chi connectivity index (χ2v) is 5.75. The first-order valence-electron chi connectivity index (χ1n) is 8.56. The summed E-state index contributed by atoms with van der Waals surface area (Å²) in [6.45, 7) is 14.7. The van der Waals surface area contributed by atoms with E-state index in [1.165, 1.54) is 7.11 Å². The monoisotopic (exact) mass is 352 g/mol. The molecule has 24 heavy (non-hydrogen) atoms. The van der Waals surface area contributed by atoms with Crippen LogP contribution in [0, 0.1) is 0 Å². The van der Waals surface area contributed by atoms with Crippen molar-refractivity contribution in [2.24, 2.45) is 0 Å². The number of aliphatic carboxylic acids is 1. The normalized spacial score (nSPS) is 29.9. The summed E-state index contributed by atoms with van der Waals surface area (Å²) >= 11 is 0. The Morgan fingerprint density at radius 1 is 1.08 bits per heavy atom. The van der Waals surface area contributed by atoms with Crippen LogP contribution < -0.4 is 0 Å². The average molecular weight is 352 g/mol. The molecule has 0 aromatic rings. The largest absolute Gasteiger partial charge is 0.479 e. The fraction of sp³-hybridized carbons (Fsp3) is 0.941. The van der Waals surface area contributed by atoms with Gasteiger partial charge in [-0.2, -0.15) is 0 Å². The van der Waals surface area contributed by atoms with Gasteiger partial charge < -0.3 is 29.5 Å². The Labute approximate surface area is 145 Å². The number of carbonyl (C=O) groups is 1. The smallest absolute Gasteiger partial charge is 0.335 e. The van der Waals surface area contributed by atoms with Gasteiger partial charge in [-0.1, -0.05) is 27.7 Å². The first-order chi connectivity index (χ1) is 11.1. The Kier molecular flexibility index (Phi) is 12.5. The molecule has 1 saturated heterocycles. The molecular weight excluding hydrogens is 316 g/mol. The first kappa shape index (κ1) is 25.5. The molecule has 0 aromatic carbocycles. The third kappa shape index (κ3) is 6.64. The van der Waals surface area contributed by atoms with E-state index in [-0.39, 0.29) is 6.10 Å². The van der Waals surface area contributed by atoms with Crippen LogP contribution in [0.15, 0.2) is 0 Å². The highest BCUT2D eigenvalue weighted by Gasteiger charge is 2.53. The van der Waals surface area contributed by atoms with Gasteiger partial charge in [-0.25, -0.2) is 4.79 Å². The Hall–Kier alpha value is -0.730. The van der Waals surface area contributed by atoms with Gasteiger partial charge >= 0.3 is 5.97 Å². The number of hydrogen-bond donors (Lipinski definition) is 3. The van der Waals surface area contributed by atoms with Gasteiger partial charge in [-0.05, 0) is 27.7 Å². The first-order valence-corrected chi connectivity index (χ1v) is 8.56. The minimum atomic E-state index is -1.37. The van der Waals surface area contributed by atoms with Crippen molar-refractivity contribution in [3.8, 4) is 0 Å². The van der Waals surface area contributed by atoms with Crippen molar-refractivity contribution in [2.75, 3.05) is 7.11 Å². The molecule has 0 aromatic heterocycles. The van der Waals surface area contributed by atoms with Crippen LogP contribution in [0.1, 0.15) is 55.4 Å². The predicted molar refractivity (Wildman–Crippen MR) is 92.1 cm³/mol. The lowest BCUT2D eigenvalue weighted by atomic mass is 9.86. The maximum Gasteiger partial charge on any atom is 0.335 e. The second-order valence-electron chi connectivity index (χ2n) is 5.75. The van der Waals surface area contributed by atoms with E-state index in [0.29, 0.717) is 0 Å². The van der Waals surface area contributed by atoms with Crippen LogP contribution in [0.4, 0.5) is 0 Å². The molecule has 0 radical (unpaired) electrons. The van der Waals surface area contributed by atoms with Gasteiger partial charge in [-0.15, -0.1) is 0 Å². The fourth-order valence-corrected chi connectivity index (χ4v) is 2.22. The third-order valence-corrected chi connectivity index (χ3v) is 3.47. The predicted octanol–water partition coefficient (Wildman–Crippen LogP) is 1.83. The fourth-order valence-electron chi connectivity index (χ4n) is 2.22. The molecule has 0 amide bonds. The highest BCUT2D eigenvalue weighted by atomic mass is 16.6. The third-order valence-electron chi connectivity index (χ3n) is 3.47. The second kappa shape index (κ2) is 11.8. The number of aliphatic hydroxyl groups is 2. The van der Waals surface area contributed by atoms with E-state index in [4.69, 9.17) is 14.2 Å². The van der Waals surface area contributed by atoms with Crippen molar-refractivity contribution in [1.29, 1.82) is 0 Å². The maximum absolute atomic E-state index is 11.3. The van der Waals surface area contributed by atoms with E-state index in [2.05, 4.69) is 0 Å². The highest BCUT2D eigenvalue weighted by Crippen LogP contribution is 2.31. The number of carboxylic acids is 1. The summed E-state index contributed by atoms with van der Waals surface area (Å²) in [6, 6.07) is 0. The van der Waals surface area contributed by atoms with Crippen molar-refractivity contribution in [3.05, 3.63) is 0 Å². The molecule has 1 heterocycles. The molecule has 1 rings (SSSR count). The molecule has 4 unspecified atom stereocenters. The summed E-state index contributed by atoms with van der Waals surface area (Å²) in [7, 11) is 1.43. The zero-order chi connectivity index (χ0) is 19.7. The standard InChI is InChI=1S/C13H24O7.2C2H6/c1-6(2)19-9-7(14)8(15)11(13(3,4)18-5)20-10(9)12(16)17;2*1-2/h6-11,14-15H,1-5H3,(H,16,17);2*1-2H3/t7?,8?,9-,10?,11?;;/m0../s1. The van der Waals surface area contributed by atoms with E-state index in [9.17, 15) is 20.1 Å². The van der Waals surface area contributed by atoms with Crippen LogP contribution in [0.3, 0.4) is 0 Å². The number of ether oxygens (including phenoxy) is 3. The van der Waals surface area contributed by atoms with E-state index < -0.39 is 42.1 Å². The van der Waals surface area contributed by atoms with Crippen LogP contribution in [-0.4, -0.2) is 70.6 Å². The van der Waals surface area contributed by atoms with E-state index in [0.717, 1.165) is 0 Å². The molecule has 7 heteroatoms. The minimum absolute atomic E-state index is 0.306. The molecule has 7 nitrogen and oxygen atoms in total. The number of hydrogen-bond acceptors (Lipinski definition) is 6. The molecular formula is C17H36O7. The van der Waals surface area contributed by atoms with E-state index >= 15 is 0 Å². The Balaban J connectivity index is 0. The molecule has 0 bridgehead atoms. The summed E-state index contributed by atoms with van der Waals surface area (Å²) in [6.07, 6.45) is -6.45. The van der Waals surface area contributed by atoms with Gasteiger partial charge in [0.1, 0.15) is 24.4 Å². The summed E-state index contributed by atoms with van der Waals surface area (Å²) < 4.78 is 16.0. The zero-order valence-electron chi connectivity index (χ0n) is 16.4. The summed E-state index contributed by atoms with van der Waals surface area (Å²) in [5.74, 6) is -1.25. The van der Waals surface area contributed by atoms with Crippen LogP contribution in [0.2, 0.25) is 0 Å². The topological polar surface area (TPSA) is 105 Å². The molecule has 0 saturated carbocycles. The maximum atomic E-state index is 11.3. The van der Waals surface area contributed by atoms with E-state index in [1.54, 1.807) is 27.7 Å². The zero-order valence-corrected chi connectivity index (χ0v) is 16.4. The molecule has 146 valence electrons. The lowest BCUT2D eigenvalue weighted by Gasteiger charge is -2.46. The van der Waals surface area contributed by atoms with Crippen LogP contribution >= 0.6 is 0 Å². The van der Waals surface area contributed by atoms with Gasteiger partial charge in [0.25, 0.3) is 0 Å². The van der Waals surface area contributed by atoms with Crippen LogP contribution in [0.5, 0.6) is 0 Å². The Morgan fingerprint density at radius 3 is 1.88 bits per heavy atom. The number of aliphatic hydroxyl groups excluding tert-OH is 2. The lowest BCUT2D eigenvalue weighted by molar-refractivity contribution is -0.274. The minimum Gasteiger partial charge on any atom is -0.479 e. The van der Waals surface area contributed by atoms with Crippen LogP contribution in [0.25, 0.3) is 0 Å². The lowest BCUT2D eigenvalue weighted by Crippen LogP contribution is -2.65. The summed E-state index contributed by atoms with van der Waals surface area (Å²) in [4.78, 5) is 11.3. The van der Waals surface area contributed by atoms with Gasteiger partial charge in [0.15, 0.2) is 6.10 Å². The number of carboxylic acid groups (broad SMARTS) is 1. The van der Waals surface area contributed by atoms with Gasteiger partial charge in [0.05, 0.1) is 11.7 Å². The van der Waals surface area contributed by atoms with Crippen molar-refractivity contribution < 1.29 is 34.3 Å². The summed E-state index contributed by atoms with van der Waals surface area (Å²) in [5.41, 5.74) is -0.948. The van der Waals surface area contributed by atoms with Gasteiger partial charge in [0.2, 0.25) is 0 Å². The molecule has 1 fully saturated rings.